The van der Waals surface area contributed by atoms with Crippen LogP contribution < -0.4 is 5.32 Å². The fraction of sp³-hybridized carbons (Fsp3) is 0.192. The molecule has 0 radical (unpaired) electrons. The molecule has 0 aliphatic carbocycles. The number of Topliss-reactive ketones (excluding diaryl/α,β-unsaturated/α-hetero) is 1. The van der Waals surface area contributed by atoms with Crippen LogP contribution in [0.2, 0.25) is 5.02 Å². The molecule has 162 valence electrons. The van der Waals surface area contributed by atoms with Crippen LogP contribution in [0.15, 0.2) is 78.9 Å². The van der Waals surface area contributed by atoms with Gasteiger partial charge in [0.05, 0.1) is 17.6 Å². The van der Waals surface area contributed by atoms with Crippen molar-refractivity contribution in [1.29, 1.82) is 0 Å². The molecule has 0 bridgehead atoms. The lowest BCUT2D eigenvalue weighted by atomic mass is 10.1. The zero-order valence-corrected chi connectivity index (χ0v) is 18.4. The van der Waals surface area contributed by atoms with Gasteiger partial charge >= 0.3 is 0 Å². The number of fused-ring (bicyclic) bond motifs is 1. The number of rotatable bonds is 9. The number of aryl methyl sites for hydroxylation is 2. The molecule has 32 heavy (non-hydrogen) atoms. The lowest BCUT2D eigenvalue weighted by Crippen LogP contribution is -2.25. The quantitative estimate of drug-likeness (QED) is 0.359. The first-order chi connectivity index (χ1) is 15.6. The van der Waals surface area contributed by atoms with Crippen LogP contribution >= 0.6 is 11.6 Å². The van der Waals surface area contributed by atoms with Crippen LogP contribution in [0.4, 0.5) is 0 Å². The standard InChI is InChI=1S/C26H24ClN3O2/c27-21-12-10-20(11-13-21)24(31)14-15-26(32)28-18-25-29-22-8-4-5-9-23(22)30(25)17-16-19-6-2-1-3-7-19/h1-13H,14-18H2,(H,28,32). The number of carbonyl (C=O) groups is 2. The number of aromatic nitrogens is 2. The molecule has 5 nitrogen and oxygen atoms in total. The molecule has 0 aliphatic heterocycles. The highest BCUT2D eigenvalue weighted by Gasteiger charge is 2.13. The predicted molar refractivity (Wildman–Crippen MR) is 127 cm³/mol. The van der Waals surface area contributed by atoms with Crippen LogP contribution in [-0.4, -0.2) is 21.2 Å². The van der Waals surface area contributed by atoms with Crippen molar-refractivity contribution in [1.82, 2.24) is 14.9 Å². The van der Waals surface area contributed by atoms with Crippen molar-refractivity contribution in [3.05, 3.63) is 101 Å². The number of para-hydroxylation sites is 2. The first-order valence-corrected chi connectivity index (χ1v) is 11.0. The Morgan fingerprint density at radius 2 is 1.59 bits per heavy atom. The van der Waals surface area contributed by atoms with Gasteiger partial charge in [0.1, 0.15) is 5.82 Å². The summed E-state index contributed by atoms with van der Waals surface area (Å²) >= 11 is 5.86. The van der Waals surface area contributed by atoms with Gasteiger partial charge in [0.25, 0.3) is 0 Å². The molecule has 0 saturated carbocycles. The molecule has 3 aromatic carbocycles. The van der Waals surface area contributed by atoms with E-state index in [1.54, 1.807) is 24.3 Å². The van der Waals surface area contributed by atoms with E-state index in [9.17, 15) is 9.59 Å². The minimum Gasteiger partial charge on any atom is -0.349 e. The number of halogens is 1. The average Bonchev–Trinajstić information content (AvgIpc) is 3.18. The van der Waals surface area contributed by atoms with E-state index >= 15 is 0 Å². The lowest BCUT2D eigenvalue weighted by Gasteiger charge is -2.10. The Balaban J connectivity index is 1.38. The highest BCUT2D eigenvalue weighted by molar-refractivity contribution is 6.30. The molecule has 6 heteroatoms. The highest BCUT2D eigenvalue weighted by atomic mass is 35.5. The minimum atomic E-state index is -0.172. The van der Waals surface area contributed by atoms with Crippen molar-refractivity contribution in [3.8, 4) is 0 Å². The molecule has 4 rings (SSSR count). The third kappa shape index (κ3) is 5.42. The van der Waals surface area contributed by atoms with E-state index in [2.05, 4.69) is 22.0 Å². The summed E-state index contributed by atoms with van der Waals surface area (Å²) in [6.07, 6.45) is 1.15. The van der Waals surface area contributed by atoms with E-state index in [4.69, 9.17) is 16.6 Å². The normalized spacial score (nSPS) is 10.9. The second-order valence-corrected chi connectivity index (χ2v) is 8.05. The molecule has 1 heterocycles. The molecule has 1 N–H and O–H groups in total. The SMILES string of the molecule is O=C(CCC(=O)c1ccc(Cl)cc1)NCc1nc2ccccc2n1CCc1ccccc1. The molecular formula is C26H24ClN3O2. The fourth-order valence-corrected chi connectivity index (χ4v) is 3.79. The molecular weight excluding hydrogens is 422 g/mol. The molecule has 0 aliphatic rings. The van der Waals surface area contributed by atoms with Gasteiger partial charge in [0.15, 0.2) is 5.78 Å². The van der Waals surface area contributed by atoms with E-state index in [0.29, 0.717) is 17.1 Å². The van der Waals surface area contributed by atoms with E-state index in [1.807, 2.05) is 42.5 Å². The lowest BCUT2D eigenvalue weighted by molar-refractivity contribution is -0.121. The van der Waals surface area contributed by atoms with Gasteiger partial charge in [-0.05, 0) is 48.4 Å². The Hall–Kier alpha value is -3.44. The third-order valence-electron chi connectivity index (χ3n) is 5.39. The summed E-state index contributed by atoms with van der Waals surface area (Å²) < 4.78 is 2.15. The number of nitrogens with zero attached hydrogens (tertiary/aromatic N) is 2. The van der Waals surface area contributed by atoms with E-state index in [0.717, 1.165) is 29.8 Å². The summed E-state index contributed by atoms with van der Waals surface area (Å²) in [6.45, 7) is 1.09. The van der Waals surface area contributed by atoms with Crippen LogP contribution in [0.5, 0.6) is 0 Å². The predicted octanol–water partition coefficient (Wildman–Crippen LogP) is 5.21. The first kappa shape index (κ1) is 21.8. The Bertz CT molecular complexity index is 1220. The Morgan fingerprint density at radius 3 is 2.38 bits per heavy atom. The summed E-state index contributed by atoms with van der Waals surface area (Å²) in [5.74, 6) is 0.556. The largest absolute Gasteiger partial charge is 0.349 e. The summed E-state index contributed by atoms with van der Waals surface area (Å²) in [5, 5.41) is 3.50. The second kappa shape index (κ2) is 10.2. The molecule has 0 spiro atoms. The number of hydrogen-bond acceptors (Lipinski definition) is 3. The van der Waals surface area contributed by atoms with Gasteiger partial charge in [0.2, 0.25) is 5.91 Å². The van der Waals surface area contributed by atoms with Crippen LogP contribution in [0.25, 0.3) is 11.0 Å². The van der Waals surface area contributed by atoms with Crippen molar-refractivity contribution < 1.29 is 9.59 Å². The Morgan fingerprint density at radius 1 is 0.875 bits per heavy atom. The monoisotopic (exact) mass is 445 g/mol. The molecule has 1 amide bonds. The maximum atomic E-state index is 12.4. The van der Waals surface area contributed by atoms with Crippen LogP contribution in [0.1, 0.15) is 34.6 Å². The van der Waals surface area contributed by atoms with Gasteiger partial charge < -0.3 is 9.88 Å². The van der Waals surface area contributed by atoms with Gasteiger partial charge in [-0.1, -0.05) is 54.1 Å². The topological polar surface area (TPSA) is 64.0 Å². The van der Waals surface area contributed by atoms with Gasteiger partial charge in [-0.2, -0.15) is 0 Å². The zero-order chi connectivity index (χ0) is 22.3. The third-order valence-corrected chi connectivity index (χ3v) is 5.64. The maximum Gasteiger partial charge on any atom is 0.220 e. The van der Waals surface area contributed by atoms with Crippen LogP contribution in [0.3, 0.4) is 0 Å². The summed E-state index contributed by atoms with van der Waals surface area (Å²) in [7, 11) is 0. The summed E-state index contributed by atoms with van der Waals surface area (Å²) in [4.78, 5) is 29.4. The first-order valence-electron chi connectivity index (χ1n) is 10.6. The Labute approximate surface area is 192 Å². The van der Waals surface area contributed by atoms with Crippen molar-refractivity contribution in [2.75, 3.05) is 0 Å². The van der Waals surface area contributed by atoms with E-state index in [-0.39, 0.29) is 24.5 Å². The summed E-state index contributed by atoms with van der Waals surface area (Å²) in [5.41, 5.74) is 3.76. The molecule has 0 fully saturated rings. The maximum absolute atomic E-state index is 12.4. The van der Waals surface area contributed by atoms with Crippen molar-refractivity contribution >= 4 is 34.3 Å². The van der Waals surface area contributed by atoms with Gasteiger partial charge in [0, 0.05) is 30.0 Å². The van der Waals surface area contributed by atoms with Crippen molar-refractivity contribution in [3.63, 3.8) is 0 Å². The van der Waals surface area contributed by atoms with E-state index in [1.165, 1.54) is 5.56 Å². The number of benzene rings is 3. The van der Waals surface area contributed by atoms with Crippen LogP contribution in [0, 0.1) is 0 Å². The number of carbonyl (C=O) groups excluding carboxylic acids is 2. The number of ketones is 1. The molecule has 1 aromatic heterocycles. The van der Waals surface area contributed by atoms with Gasteiger partial charge in [-0.15, -0.1) is 0 Å². The number of nitrogens with one attached hydrogen (secondary N) is 1. The smallest absolute Gasteiger partial charge is 0.220 e. The molecule has 4 aromatic rings. The highest BCUT2D eigenvalue weighted by Crippen LogP contribution is 2.17. The number of imidazole rings is 1. The molecule has 0 unspecified atom stereocenters. The second-order valence-electron chi connectivity index (χ2n) is 7.61. The number of amides is 1. The average molecular weight is 446 g/mol. The van der Waals surface area contributed by atoms with Crippen molar-refractivity contribution in [2.24, 2.45) is 0 Å². The molecule has 0 atom stereocenters. The fourth-order valence-electron chi connectivity index (χ4n) is 3.67. The van der Waals surface area contributed by atoms with Gasteiger partial charge in [-0.3, -0.25) is 9.59 Å². The summed E-state index contributed by atoms with van der Waals surface area (Å²) in [6, 6.07) is 25.0. The number of hydrogen-bond donors (Lipinski definition) is 1. The Kier molecular flexibility index (Phi) is 6.97. The zero-order valence-electron chi connectivity index (χ0n) is 17.6. The van der Waals surface area contributed by atoms with Crippen LogP contribution in [-0.2, 0) is 24.3 Å². The van der Waals surface area contributed by atoms with Gasteiger partial charge in [-0.25, -0.2) is 4.98 Å². The molecule has 0 saturated heterocycles. The van der Waals surface area contributed by atoms with Crippen molar-refractivity contribution in [2.45, 2.75) is 32.4 Å². The van der Waals surface area contributed by atoms with E-state index < -0.39 is 0 Å². The minimum absolute atomic E-state index is 0.0769.